The van der Waals surface area contributed by atoms with Crippen LogP contribution < -0.4 is 10.6 Å². The van der Waals surface area contributed by atoms with E-state index in [0.29, 0.717) is 12.8 Å². The van der Waals surface area contributed by atoms with Gasteiger partial charge in [-0.05, 0) is 35.1 Å². The van der Waals surface area contributed by atoms with Crippen molar-refractivity contribution in [1.29, 1.82) is 0 Å². The molecule has 2 aliphatic carbocycles. The van der Waals surface area contributed by atoms with Crippen molar-refractivity contribution >= 4 is 11.8 Å². The molecule has 4 rings (SSSR count). The fourth-order valence-electron chi connectivity index (χ4n) is 5.28. The largest absolute Gasteiger partial charge is 0.393 e. The number of nitrogens with one attached hydrogen (secondary N) is 2. The Morgan fingerprint density at radius 3 is 1.50 bits per heavy atom. The zero-order chi connectivity index (χ0) is 25.8. The first kappa shape index (κ1) is 26.2. The van der Waals surface area contributed by atoms with E-state index < -0.39 is 54.4 Å². The molecule has 0 aliphatic heterocycles. The summed E-state index contributed by atoms with van der Waals surface area (Å²) in [5.41, 5.74) is 3.64. The van der Waals surface area contributed by atoms with E-state index in [9.17, 15) is 35.1 Å². The Balaban J connectivity index is 1.19. The van der Waals surface area contributed by atoms with Crippen LogP contribution in [0.4, 0.5) is 0 Å². The summed E-state index contributed by atoms with van der Waals surface area (Å²) in [6.07, 6.45) is -4.85. The Labute approximate surface area is 209 Å². The van der Waals surface area contributed by atoms with Gasteiger partial charge in [0.15, 0.2) is 0 Å². The maximum absolute atomic E-state index is 12.4. The molecule has 0 fully saturated rings. The van der Waals surface area contributed by atoms with Crippen molar-refractivity contribution in [3.05, 3.63) is 70.8 Å². The molecular formula is C27H34N2O7. The zero-order valence-corrected chi connectivity index (χ0v) is 20.0. The molecule has 2 aliphatic rings. The van der Waals surface area contributed by atoms with Gasteiger partial charge in [-0.2, -0.15) is 0 Å². The summed E-state index contributed by atoms with van der Waals surface area (Å²) >= 11 is 0. The lowest BCUT2D eigenvalue weighted by molar-refractivity contribution is -0.125. The summed E-state index contributed by atoms with van der Waals surface area (Å²) in [6, 6.07) is 13.8. The van der Waals surface area contributed by atoms with Crippen molar-refractivity contribution in [2.45, 2.75) is 81.1 Å². The number of carbonyl (C=O) groups is 2. The molecule has 194 valence electrons. The molecule has 0 saturated carbocycles. The number of amides is 2. The number of carbonyl (C=O) groups excluding carboxylic acids is 2. The Morgan fingerprint density at radius 2 is 1.08 bits per heavy atom. The van der Waals surface area contributed by atoms with Gasteiger partial charge >= 0.3 is 0 Å². The molecule has 2 aromatic carbocycles. The second kappa shape index (κ2) is 11.5. The molecular weight excluding hydrogens is 464 g/mol. The van der Waals surface area contributed by atoms with Crippen LogP contribution in [-0.4, -0.2) is 67.9 Å². The van der Waals surface area contributed by atoms with Crippen LogP contribution in [0.2, 0.25) is 0 Å². The average Bonchev–Trinajstić information content (AvgIpc) is 3.29. The number of fused-ring (bicyclic) bond motifs is 2. The molecule has 0 aromatic heterocycles. The minimum atomic E-state index is -1.15. The summed E-state index contributed by atoms with van der Waals surface area (Å²) in [7, 11) is 0. The maximum Gasteiger partial charge on any atom is 0.223 e. The third-order valence-electron chi connectivity index (χ3n) is 6.97. The van der Waals surface area contributed by atoms with E-state index in [1.165, 1.54) is 0 Å². The third kappa shape index (κ3) is 6.29. The molecule has 0 heterocycles. The minimum Gasteiger partial charge on any atom is -0.393 e. The van der Waals surface area contributed by atoms with Crippen LogP contribution in [-0.2, 0) is 22.4 Å². The number of hydrogen-bond donors (Lipinski definition) is 7. The highest BCUT2D eigenvalue weighted by atomic mass is 16.3. The maximum atomic E-state index is 12.4. The topological polar surface area (TPSA) is 159 Å². The van der Waals surface area contributed by atoms with E-state index in [1.807, 2.05) is 48.5 Å². The highest BCUT2D eigenvalue weighted by molar-refractivity contribution is 5.77. The number of benzene rings is 2. The first-order chi connectivity index (χ1) is 17.2. The Bertz CT molecular complexity index is 994. The molecule has 0 spiro atoms. The van der Waals surface area contributed by atoms with Crippen LogP contribution in [0.3, 0.4) is 0 Å². The molecule has 9 nitrogen and oxygen atoms in total. The van der Waals surface area contributed by atoms with Crippen LogP contribution in [0.25, 0.3) is 0 Å². The number of rotatable bonds is 10. The highest BCUT2D eigenvalue weighted by Gasteiger charge is 2.33. The number of aliphatic hydroxyl groups excluding tert-OH is 5. The van der Waals surface area contributed by atoms with E-state index in [0.717, 1.165) is 22.3 Å². The van der Waals surface area contributed by atoms with Crippen LogP contribution in [0.1, 0.15) is 60.0 Å². The first-order valence-corrected chi connectivity index (χ1v) is 12.4. The quantitative estimate of drug-likeness (QED) is 0.246. The van der Waals surface area contributed by atoms with Crippen molar-refractivity contribution in [2.24, 2.45) is 0 Å². The summed E-state index contributed by atoms with van der Waals surface area (Å²) in [6.45, 7) is 0. The van der Waals surface area contributed by atoms with Gasteiger partial charge in [0.2, 0.25) is 11.8 Å². The average molecular weight is 499 g/mol. The number of aliphatic hydroxyl groups is 5. The molecule has 7 N–H and O–H groups in total. The van der Waals surface area contributed by atoms with Crippen LogP contribution in [0.5, 0.6) is 0 Å². The highest BCUT2D eigenvalue weighted by Crippen LogP contribution is 2.32. The Hall–Kier alpha value is -2.82. The van der Waals surface area contributed by atoms with Gasteiger partial charge in [0.25, 0.3) is 0 Å². The van der Waals surface area contributed by atoms with E-state index in [2.05, 4.69) is 10.6 Å². The van der Waals surface area contributed by atoms with E-state index >= 15 is 0 Å². The summed E-state index contributed by atoms with van der Waals surface area (Å²) in [5, 5.41) is 56.8. The predicted molar refractivity (Wildman–Crippen MR) is 131 cm³/mol. The monoisotopic (exact) mass is 498 g/mol. The van der Waals surface area contributed by atoms with E-state index in [4.69, 9.17) is 0 Å². The lowest BCUT2D eigenvalue weighted by atomic mass is 10.0. The van der Waals surface area contributed by atoms with Gasteiger partial charge in [-0.15, -0.1) is 0 Å². The molecule has 9 heteroatoms. The first-order valence-electron chi connectivity index (χ1n) is 12.4. The van der Waals surface area contributed by atoms with Gasteiger partial charge in [0, 0.05) is 12.8 Å². The lowest BCUT2D eigenvalue weighted by Crippen LogP contribution is -2.37. The smallest absolute Gasteiger partial charge is 0.223 e. The molecule has 0 saturated heterocycles. The summed E-state index contributed by atoms with van der Waals surface area (Å²) < 4.78 is 0. The molecule has 6 atom stereocenters. The standard InChI is InChI=1S/C27H34N2O7/c30-17(11-18(31)13-24(35)28-26-20-7-3-1-5-15(20)9-22(26)33)12-19(32)14-25(36)29-27-21-8-4-2-6-16(21)10-23(27)34/h1-8,17-19,22-23,26-27,30-34H,9-14H2,(H,28,35)(H,29,36)/t18-,19-,22-,23-,26+,27+/m1/s1. The molecule has 2 amide bonds. The molecule has 36 heavy (non-hydrogen) atoms. The fourth-order valence-corrected chi connectivity index (χ4v) is 5.28. The molecule has 0 unspecified atom stereocenters. The van der Waals surface area contributed by atoms with Gasteiger partial charge < -0.3 is 36.2 Å². The van der Waals surface area contributed by atoms with Crippen molar-refractivity contribution in [3.63, 3.8) is 0 Å². The predicted octanol–water partition coefficient (Wildman–Crippen LogP) is 0.178. The fraction of sp³-hybridized carbons (Fsp3) is 0.481. The van der Waals surface area contributed by atoms with Crippen LogP contribution in [0, 0.1) is 0 Å². The number of hydrogen-bond acceptors (Lipinski definition) is 7. The van der Waals surface area contributed by atoms with E-state index in [1.54, 1.807) is 0 Å². The van der Waals surface area contributed by atoms with Crippen molar-refractivity contribution in [3.8, 4) is 0 Å². The van der Waals surface area contributed by atoms with Gasteiger partial charge in [0.05, 0.1) is 55.4 Å². The molecule has 0 bridgehead atoms. The van der Waals surface area contributed by atoms with Gasteiger partial charge in [-0.1, -0.05) is 48.5 Å². The Kier molecular flexibility index (Phi) is 8.38. The van der Waals surface area contributed by atoms with Crippen molar-refractivity contribution < 1.29 is 35.1 Å². The normalized spacial score (nSPS) is 24.2. The van der Waals surface area contributed by atoms with Crippen LogP contribution in [0.15, 0.2) is 48.5 Å². The van der Waals surface area contributed by atoms with Crippen molar-refractivity contribution in [1.82, 2.24) is 10.6 Å². The molecule has 2 aromatic rings. The minimum absolute atomic E-state index is 0.148. The zero-order valence-electron chi connectivity index (χ0n) is 20.0. The second-order valence-corrected chi connectivity index (χ2v) is 9.87. The van der Waals surface area contributed by atoms with Gasteiger partial charge in [-0.3, -0.25) is 9.59 Å². The van der Waals surface area contributed by atoms with Crippen molar-refractivity contribution in [2.75, 3.05) is 0 Å². The van der Waals surface area contributed by atoms with Crippen LogP contribution >= 0.6 is 0 Å². The Morgan fingerprint density at radius 1 is 0.694 bits per heavy atom. The second-order valence-electron chi connectivity index (χ2n) is 9.87. The van der Waals surface area contributed by atoms with Gasteiger partial charge in [-0.25, -0.2) is 0 Å². The summed E-state index contributed by atoms with van der Waals surface area (Å²) in [4.78, 5) is 24.8. The third-order valence-corrected chi connectivity index (χ3v) is 6.97. The summed E-state index contributed by atoms with van der Waals surface area (Å²) in [5.74, 6) is -0.906. The lowest BCUT2D eigenvalue weighted by Gasteiger charge is -2.22. The van der Waals surface area contributed by atoms with E-state index in [-0.39, 0.29) is 25.7 Å². The van der Waals surface area contributed by atoms with Gasteiger partial charge in [0.1, 0.15) is 0 Å². The SMILES string of the molecule is O=C(C[C@H](O)CC(O)C[C@@H](O)CC(=O)N[C@H]1c2ccccc2C[C@H]1O)N[C@H]1c2ccccc2C[C@H]1O. The molecule has 0 radical (unpaired) electrons.